The molecular formula is C11H7FN2. The Morgan fingerprint density at radius 2 is 2.21 bits per heavy atom. The number of fused-ring (bicyclic) bond motifs is 1. The number of hydrogen-bond donors (Lipinski definition) is 0. The van der Waals surface area contributed by atoms with Crippen molar-refractivity contribution in [3.8, 4) is 0 Å². The topological polar surface area (TPSA) is 17.2 Å². The van der Waals surface area contributed by atoms with E-state index in [1.54, 1.807) is 12.3 Å². The minimum Gasteiger partial charge on any atom is -0.256 e. The largest absolute Gasteiger partial charge is 0.256 e. The molecule has 1 heterocycles. The molecule has 1 aromatic carbocycles. The molecule has 2 aromatic rings. The van der Waals surface area contributed by atoms with Crippen molar-refractivity contribution in [3.05, 3.63) is 47.2 Å². The lowest BCUT2D eigenvalue weighted by Crippen LogP contribution is -1.84. The zero-order chi connectivity index (χ0) is 10.1. The van der Waals surface area contributed by atoms with Gasteiger partial charge in [-0.1, -0.05) is 0 Å². The van der Waals surface area contributed by atoms with Crippen LogP contribution >= 0.6 is 0 Å². The second-order valence-electron chi connectivity index (χ2n) is 3.06. The van der Waals surface area contributed by atoms with Crippen LogP contribution in [-0.2, 0) is 0 Å². The van der Waals surface area contributed by atoms with E-state index in [0.717, 1.165) is 10.9 Å². The van der Waals surface area contributed by atoms with Crippen LogP contribution in [0.3, 0.4) is 0 Å². The SMILES string of the molecule is [C-]#[N+]c1cc2c(C)ccnc2cc1F. The van der Waals surface area contributed by atoms with Gasteiger partial charge in [0.15, 0.2) is 0 Å². The van der Waals surface area contributed by atoms with E-state index in [1.807, 2.05) is 13.0 Å². The third-order valence-corrected chi connectivity index (χ3v) is 2.15. The first-order chi connectivity index (χ1) is 6.72. The van der Waals surface area contributed by atoms with Gasteiger partial charge in [-0.25, -0.2) is 9.24 Å². The fourth-order valence-corrected chi connectivity index (χ4v) is 1.38. The fraction of sp³-hybridized carbons (Fsp3) is 0.0909. The lowest BCUT2D eigenvalue weighted by atomic mass is 10.1. The van der Waals surface area contributed by atoms with E-state index in [2.05, 4.69) is 9.83 Å². The summed E-state index contributed by atoms with van der Waals surface area (Å²) in [5, 5.41) is 0.833. The van der Waals surface area contributed by atoms with Gasteiger partial charge in [0.05, 0.1) is 12.1 Å². The quantitative estimate of drug-likeness (QED) is 0.577. The lowest BCUT2D eigenvalue weighted by molar-refractivity contribution is 0.635. The molecule has 0 atom stereocenters. The normalized spacial score (nSPS) is 10.1. The molecule has 0 saturated heterocycles. The van der Waals surface area contributed by atoms with Crippen molar-refractivity contribution >= 4 is 16.6 Å². The Bertz CT molecular complexity index is 541. The molecule has 0 saturated carbocycles. The van der Waals surface area contributed by atoms with Gasteiger partial charge in [0.2, 0.25) is 5.69 Å². The van der Waals surface area contributed by atoms with Crippen molar-refractivity contribution < 1.29 is 4.39 Å². The zero-order valence-electron chi connectivity index (χ0n) is 7.58. The average Bonchev–Trinajstić information content (AvgIpc) is 2.17. The van der Waals surface area contributed by atoms with Crippen LogP contribution in [0.15, 0.2) is 24.4 Å². The first-order valence-corrected chi connectivity index (χ1v) is 4.14. The Labute approximate surface area is 80.8 Å². The number of aromatic nitrogens is 1. The van der Waals surface area contributed by atoms with Crippen molar-refractivity contribution in [2.45, 2.75) is 6.92 Å². The van der Waals surface area contributed by atoms with Gasteiger partial charge >= 0.3 is 0 Å². The number of rotatable bonds is 0. The second-order valence-corrected chi connectivity index (χ2v) is 3.06. The fourth-order valence-electron chi connectivity index (χ4n) is 1.38. The number of nitrogens with zero attached hydrogens (tertiary/aromatic N) is 2. The molecule has 0 amide bonds. The predicted octanol–water partition coefficient (Wildman–Crippen LogP) is 3.23. The highest BCUT2D eigenvalue weighted by molar-refractivity contribution is 5.85. The summed E-state index contributed by atoms with van der Waals surface area (Å²) in [6, 6.07) is 4.68. The molecule has 0 N–H and O–H groups in total. The molecule has 1 aromatic heterocycles. The summed E-state index contributed by atoms with van der Waals surface area (Å²) < 4.78 is 13.2. The summed E-state index contributed by atoms with van der Waals surface area (Å²) in [5.74, 6) is -0.509. The average molecular weight is 186 g/mol. The Kier molecular flexibility index (Phi) is 1.90. The summed E-state index contributed by atoms with van der Waals surface area (Å²) >= 11 is 0. The number of benzene rings is 1. The Morgan fingerprint density at radius 1 is 1.43 bits per heavy atom. The Hall–Kier alpha value is -1.95. The second kappa shape index (κ2) is 3.08. The van der Waals surface area contributed by atoms with Gasteiger partial charge in [-0.05, 0) is 36.1 Å². The Balaban J connectivity index is 2.89. The van der Waals surface area contributed by atoms with Crippen LogP contribution in [0.5, 0.6) is 0 Å². The molecule has 2 nitrogen and oxygen atoms in total. The molecule has 0 radical (unpaired) electrons. The van der Waals surface area contributed by atoms with Crippen LogP contribution in [0, 0.1) is 19.3 Å². The standard InChI is InChI=1S/C11H7FN2/c1-7-3-4-14-10-6-9(12)11(13-2)5-8(7)10/h3-6H,1H3. The highest BCUT2D eigenvalue weighted by Crippen LogP contribution is 2.25. The molecule has 14 heavy (non-hydrogen) atoms. The molecule has 2 rings (SSSR count). The molecule has 0 fully saturated rings. The first-order valence-electron chi connectivity index (χ1n) is 4.14. The third kappa shape index (κ3) is 1.21. The van der Waals surface area contributed by atoms with E-state index in [1.165, 1.54) is 6.07 Å². The zero-order valence-corrected chi connectivity index (χ0v) is 7.58. The summed E-state index contributed by atoms with van der Waals surface area (Å²) in [5.41, 5.74) is 1.64. The van der Waals surface area contributed by atoms with Crippen LogP contribution in [0.25, 0.3) is 15.7 Å². The van der Waals surface area contributed by atoms with Gasteiger partial charge in [0.25, 0.3) is 0 Å². The van der Waals surface area contributed by atoms with Crippen molar-refractivity contribution in [1.29, 1.82) is 0 Å². The van der Waals surface area contributed by atoms with Crippen molar-refractivity contribution in [1.82, 2.24) is 4.98 Å². The minimum atomic E-state index is -0.509. The minimum absolute atomic E-state index is 0.0496. The molecule has 3 heteroatoms. The van der Waals surface area contributed by atoms with Gasteiger partial charge in [-0.15, -0.1) is 0 Å². The molecule has 68 valence electrons. The van der Waals surface area contributed by atoms with Gasteiger partial charge in [0, 0.05) is 6.20 Å². The van der Waals surface area contributed by atoms with Gasteiger partial charge in [-0.3, -0.25) is 4.98 Å². The van der Waals surface area contributed by atoms with E-state index < -0.39 is 5.82 Å². The first kappa shape index (κ1) is 8.64. The smallest absolute Gasteiger partial charge is 0.222 e. The summed E-state index contributed by atoms with van der Waals surface area (Å²) in [6.07, 6.45) is 1.63. The van der Waals surface area contributed by atoms with Gasteiger partial charge in [-0.2, -0.15) is 0 Å². The number of halogens is 1. The van der Waals surface area contributed by atoms with Crippen LogP contribution in [0.4, 0.5) is 10.1 Å². The van der Waals surface area contributed by atoms with E-state index >= 15 is 0 Å². The highest BCUT2D eigenvalue weighted by atomic mass is 19.1. The van der Waals surface area contributed by atoms with E-state index in [0.29, 0.717) is 5.52 Å². The summed E-state index contributed by atoms with van der Waals surface area (Å²) in [6.45, 7) is 8.71. The maximum Gasteiger partial charge on any atom is 0.222 e. The molecule has 0 unspecified atom stereocenters. The molecule has 0 aliphatic heterocycles. The maximum atomic E-state index is 13.2. The third-order valence-electron chi connectivity index (χ3n) is 2.15. The summed E-state index contributed by atoms with van der Waals surface area (Å²) in [4.78, 5) is 7.14. The predicted molar refractivity (Wildman–Crippen MR) is 52.7 cm³/mol. The van der Waals surface area contributed by atoms with Crippen LogP contribution in [0.2, 0.25) is 0 Å². The van der Waals surface area contributed by atoms with Gasteiger partial charge < -0.3 is 0 Å². The van der Waals surface area contributed by atoms with E-state index in [-0.39, 0.29) is 5.69 Å². The highest BCUT2D eigenvalue weighted by Gasteiger charge is 2.05. The van der Waals surface area contributed by atoms with Crippen molar-refractivity contribution in [2.75, 3.05) is 0 Å². The maximum absolute atomic E-state index is 13.2. The number of aryl methyl sites for hydroxylation is 1. The monoisotopic (exact) mass is 186 g/mol. The van der Waals surface area contributed by atoms with E-state index in [9.17, 15) is 4.39 Å². The molecular weight excluding hydrogens is 179 g/mol. The molecule has 0 aliphatic rings. The van der Waals surface area contributed by atoms with Gasteiger partial charge in [0.1, 0.15) is 5.82 Å². The number of pyridine rings is 1. The van der Waals surface area contributed by atoms with Crippen molar-refractivity contribution in [2.24, 2.45) is 0 Å². The van der Waals surface area contributed by atoms with Crippen LogP contribution in [0.1, 0.15) is 5.56 Å². The molecule has 0 aliphatic carbocycles. The summed E-state index contributed by atoms with van der Waals surface area (Å²) in [7, 11) is 0. The van der Waals surface area contributed by atoms with Crippen LogP contribution in [-0.4, -0.2) is 4.98 Å². The lowest BCUT2D eigenvalue weighted by Gasteiger charge is -2.01. The van der Waals surface area contributed by atoms with E-state index in [4.69, 9.17) is 6.57 Å². The van der Waals surface area contributed by atoms with Crippen molar-refractivity contribution in [3.63, 3.8) is 0 Å². The Morgan fingerprint density at radius 3 is 2.93 bits per heavy atom. The molecule has 0 bridgehead atoms. The molecule has 0 spiro atoms. The van der Waals surface area contributed by atoms with Crippen LogP contribution < -0.4 is 0 Å². The number of hydrogen-bond acceptors (Lipinski definition) is 1.